The Hall–Kier alpha value is -1.72. The van der Waals surface area contributed by atoms with E-state index in [1.54, 1.807) is 6.20 Å². The summed E-state index contributed by atoms with van der Waals surface area (Å²) in [6.07, 6.45) is 1.78. The lowest BCUT2D eigenvalue weighted by Gasteiger charge is -2.25. The van der Waals surface area contributed by atoms with Crippen molar-refractivity contribution in [1.29, 1.82) is 0 Å². The second-order valence-corrected chi connectivity index (χ2v) is 4.35. The summed E-state index contributed by atoms with van der Waals surface area (Å²) in [5, 5.41) is 3.99. The van der Waals surface area contributed by atoms with Crippen molar-refractivity contribution in [2.45, 2.75) is 19.5 Å². The fourth-order valence-corrected chi connectivity index (χ4v) is 1.96. The molecule has 0 aliphatic rings. The molecule has 0 radical (unpaired) electrons. The zero-order chi connectivity index (χ0) is 13.0. The average molecular weight is 246 g/mol. The molecule has 1 unspecified atom stereocenters. The van der Waals surface area contributed by atoms with Gasteiger partial charge in [0.25, 0.3) is 0 Å². The molecule has 0 spiro atoms. The SMILES string of the molecule is Cc1cc(CN(C)C(CN)c2ccccn2)no1. The number of rotatable bonds is 5. The number of hydrogen-bond acceptors (Lipinski definition) is 5. The molecule has 0 amide bonds. The minimum absolute atomic E-state index is 0.0863. The number of nitrogens with zero attached hydrogens (tertiary/aromatic N) is 3. The molecular weight excluding hydrogens is 228 g/mol. The van der Waals surface area contributed by atoms with Crippen molar-refractivity contribution in [3.05, 3.63) is 47.6 Å². The third-order valence-corrected chi connectivity index (χ3v) is 2.87. The molecule has 5 heteroatoms. The molecule has 18 heavy (non-hydrogen) atoms. The highest BCUT2D eigenvalue weighted by Crippen LogP contribution is 2.17. The highest BCUT2D eigenvalue weighted by Gasteiger charge is 2.17. The molecule has 5 nitrogen and oxygen atoms in total. The summed E-state index contributed by atoms with van der Waals surface area (Å²) >= 11 is 0. The zero-order valence-corrected chi connectivity index (χ0v) is 10.7. The largest absolute Gasteiger partial charge is 0.361 e. The number of aryl methyl sites for hydroxylation is 1. The molecule has 0 fully saturated rings. The molecule has 2 aromatic heterocycles. The van der Waals surface area contributed by atoms with E-state index in [1.807, 2.05) is 38.2 Å². The third-order valence-electron chi connectivity index (χ3n) is 2.87. The molecule has 0 bridgehead atoms. The Kier molecular flexibility index (Phi) is 4.07. The van der Waals surface area contributed by atoms with Crippen molar-refractivity contribution in [2.24, 2.45) is 5.73 Å². The molecule has 2 N–H and O–H groups in total. The van der Waals surface area contributed by atoms with Crippen LogP contribution in [0.5, 0.6) is 0 Å². The summed E-state index contributed by atoms with van der Waals surface area (Å²) in [7, 11) is 2.01. The van der Waals surface area contributed by atoms with E-state index in [1.165, 1.54) is 0 Å². The Bertz CT molecular complexity index is 483. The summed E-state index contributed by atoms with van der Waals surface area (Å²) in [6, 6.07) is 7.88. The van der Waals surface area contributed by atoms with Crippen LogP contribution in [0, 0.1) is 6.92 Å². The van der Waals surface area contributed by atoms with Crippen molar-refractivity contribution in [3.8, 4) is 0 Å². The first-order chi connectivity index (χ1) is 8.70. The maximum absolute atomic E-state index is 5.84. The van der Waals surface area contributed by atoms with Gasteiger partial charge in [-0.1, -0.05) is 11.2 Å². The number of likely N-dealkylation sites (N-methyl/N-ethyl adjacent to an activating group) is 1. The highest BCUT2D eigenvalue weighted by molar-refractivity contribution is 5.10. The van der Waals surface area contributed by atoms with Gasteiger partial charge in [0, 0.05) is 25.4 Å². The molecule has 2 rings (SSSR count). The monoisotopic (exact) mass is 246 g/mol. The van der Waals surface area contributed by atoms with Gasteiger partial charge in [0.15, 0.2) is 0 Å². The molecule has 2 aromatic rings. The Morgan fingerprint density at radius 2 is 2.28 bits per heavy atom. The van der Waals surface area contributed by atoms with E-state index in [2.05, 4.69) is 15.0 Å². The van der Waals surface area contributed by atoms with Crippen molar-refractivity contribution < 1.29 is 4.52 Å². The summed E-state index contributed by atoms with van der Waals surface area (Å²) in [5.41, 5.74) is 7.72. The smallest absolute Gasteiger partial charge is 0.133 e. The maximum atomic E-state index is 5.84. The van der Waals surface area contributed by atoms with Crippen LogP contribution in [0.1, 0.15) is 23.2 Å². The van der Waals surface area contributed by atoms with Gasteiger partial charge >= 0.3 is 0 Å². The van der Waals surface area contributed by atoms with E-state index in [0.29, 0.717) is 13.1 Å². The quantitative estimate of drug-likeness (QED) is 0.866. The average Bonchev–Trinajstić information content (AvgIpc) is 2.77. The van der Waals surface area contributed by atoms with Crippen LogP contribution in [0.3, 0.4) is 0 Å². The van der Waals surface area contributed by atoms with Gasteiger partial charge in [0.1, 0.15) is 5.76 Å². The van der Waals surface area contributed by atoms with E-state index in [0.717, 1.165) is 17.1 Å². The van der Waals surface area contributed by atoms with Crippen LogP contribution >= 0.6 is 0 Å². The first-order valence-electron chi connectivity index (χ1n) is 5.94. The van der Waals surface area contributed by atoms with Crippen LogP contribution in [-0.4, -0.2) is 28.6 Å². The van der Waals surface area contributed by atoms with Crippen LogP contribution < -0.4 is 5.73 Å². The second kappa shape index (κ2) is 5.75. The lowest BCUT2D eigenvalue weighted by Crippen LogP contribution is -2.30. The zero-order valence-electron chi connectivity index (χ0n) is 10.7. The van der Waals surface area contributed by atoms with E-state index in [-0.39, 0.29) is 6.04 Å². The molecule has 0 saturated carbocycles. The minimum atomic E-state index is 0.0863. The molecule has 0 aliphatic heterocycles. The molecular formula is C13H18N4O. The number of pyridine rings is 1. The van der Waals surface area contributed by atoms with Gasteiger partial charge in [0.05, 0.1) is 17.4 Å². The van der Waals surface area contributed by atoms with Gasteiger partial charge in [-0.25, -0.2) is 0 Å². The molecule has 96 valence electrons. The molecule has 2 heterocycles. The maximum Gasteiger partial charge on any atom is 0.133 e. The van der Waals surface area contributed by atoms with Crippen molar-refractivity contribution in [2.75, 3.05) is 13.6 Å². The predicted molar refractivity (Wildman–Crippen MR) is 68.7 cm³/mol. The van der Waals surface area contributed by atoms with Crippen LogP contribution in [0.15, 0.2) is 35.0 Å². The van der Waals surface area contributed by atoms with Crippen LogP contribution in [0.25, 0.3) is 0 Å². The lowest BCUT2D eigenvalue weighted by molar-refractivity contribution is 0.230. The molecule has 1 atom stereocenters. The predicted octanol–water partition coefficient (Wildman–Crippen LogP) is 1.51. The lowest BCUT2D eigenvalue weighted by atomic mass is 10.1. The van der Waals surface area contributed by atoms with Gasteiger partial charge < -0.3 is 10.3 Å². The van der Waals surface area contributed by atoms with Gasteiger partial charge in [0.2, 0.25) is 0 Å². The number of aromatic nitrogens is 2. The molecule has 0 aliphatic carbocycles. The minimum Gasteiger partial charge on any atom is -0.361 e. The van der Waals surface area contributed by atoms with E-state index in [9.17, 15) is 0 Å². The first-order valence-corrected chi connectivity index (χ1v) is 5.94. The van der Waals surface area contributed by atoms with E-state index < -0.39 is 0 Å². The van der Waals surface area contributed by atoms with E-state index in [4.69, 9.17) is 10.3 Å². The van der Waals surface area contributed by atoms with Gasteiger partial charge in [-0.3, -0.25) is 9.88 Å². The van der Waals surface area contributed by atoms with Gasteiger partial charge in [-0.2, -0.15) is 0 Å². The normalized spacial score (nSPS) is 12.9. The second-order valence-electron chi connectivity index (χ2n) is 4.35. The van der Waals surface area contributed by atoms with Crippen molar-refractivity contribution in [1.82, 2.24) is 15.0 Å². The number of nitrogens with two attached hydrogens (primary N) is 1. The van der Waals surface area contributed by atoms with Crippen LogP contribution in [0.2, 0.25) is 0 Å². The van der Waals surface area contributed by atoms with Gasteiger partial charge in [-0.05, 0) is 26.1 Å². The van der Waals surface area contributed by atoms with Crippen LogP contribution in [-0.2, 0) is 6.54 Å². The first kappa shape index (κ1) is 12.7. The van der Waals surface area contributed by atoms with Crippen molar-refractivity contribution >= 4 is 0 Å². The summed E-state index contributed by atoms with van der Waals surface area (Å²) in [5.74, 6) is 0.820. The Morgan fingerprint density at radius 3 is 2.83 bits per heavy atom. The van der Waals surface area contributed by atoms with E-state index >= 15 is 0 Å². The van der Waals surface area contributed by atoms with Crippen LogP contribution in [0.4, 0.5) is 0 Å². The number of hydrogen-bond donors (Lipinski definition) is 1. The highest BCUT2D eigenvalue weighted by atomic mass is 16.5. The Labute approximate surface area is 107 Å². The Balaban J connectivity index is 2.08. The standard InChI is InChI=1S/C13H18N4O/c1-10-7-11(16-18-10)9-17(2)13(8-14)12-5-3-4-6-15-12/h3-7,13H,8-9,14H2,1-2H3. The Morgan fingerprint density at radius 1 is 1.44 bits per heavy atom. The fraction of sp³-hybridized carbons (Fsp3) is 0.385. The molecule has 0 aromatic carbocycles. The van der Waals surface area contributed by atoms with Gasteiger partial charge in [-0.15, -0.1) is 0 Å². The molecule has 0 saturated heterocycles. The fourth-order valence-electron chi connectivity index (χ4n) is 1.96. The topological polar surface area (TPSA) is 68.2 Å². The summed E-state index contributed by atoms with van der Waals surface area (Å²) < 4.78 is 5.06. The van der Waals surface area contributed by atoms with Crippen molar-refractivity contribution in [3.63, 3.8) is 0 Å². The summed E-state index contributed by atoms with van der Waals surface area (Å²) in [4.78, 5) is 6.48. The summed E-state index contributed by atoms with van der Waals surface area (Å²) in [6.45, 7) is 3.09. The third kappa shape index (κ3) is 2.94.